The molecule has 0 spiro atoms. The molecule has 0 fully saturated rings. The van der Waals surface area contributed by atoms with Crippen molar-refractivity contribution >= 4 is 28.3 Å². The molecule has 1 aromatic heterocycles. The molecule has 6 heteroatoms. The van der Waals surface area contributed by atoms with Gasteiger partial charge < -0.3 is 4.74 Å². The number of aryl methyl sites for hydroxylation is 1. The maximum atomic E-state index is 11.5. The van der Waals surface area contributed by atoms with Crippen molar-refractivity contribution in [2.45, 2.75) is 26.2 Å². The standard InChI is InChI=1S/C14H18N2O3S/c1-3-4-5-8-12(17)16-14-15-11(10-20-14)7-6-9-13(18)19-2/h3-5,8,10H,6-7,9H2,1-2H3,(H,15,16,17)/b4-3?,8-5+. The number of amides is 1. The van der Waals surface area contributed by atoms with E-state index >= 15 is 0 Å². The Kier molecular flexibility index (Phi) is 7.27. The van der Waals surface area contributed by atoms with Gasteiger partial charge in [0.1, 0.15) is 0 Å². The van der Waals surface area contributed by atoms with Gasteiger partial charge in [-0.2, -0.15) is 0 Å². The number of hydrogen-bond acceptors (Lipinski definition) is 5. The highest BCUT2D eigenvalue weighted by Gasteiger charge is 2.06. The van der Waals surface area contributed by atoms with Gasteiger partial charge in [-0.3, -0.25) is 14.9 Å². The van der Waals surface area contributed by atoms with Crippen LogP contribution < -0.4 is 5.32 Å². The number of nitrogens with one attached hydrogen (secondary N) is 1. The summed E-state index contributed by atoms with van der Waals surface area (Å²) in [6, 6.07) is 0. The first kappa shape index (κ1) is 16.1. The smallest absolute Gasteiger partial charge is 0.305 e. The van der Waals surface area contributed by atoms with E-state index in [2.05, 4.69) is 15.0 Å². The van der Waals surface area contributed by atoms with Crippen LogP contribution in [0.5, 0.6) is 0 Å². The summed E-state index contributed by atoms with van der Waals surface area (Å²) in [6.07, 6.45) is 8.48. The largest absolute Gasteiger partial charge is 0.469 e. The second-order valence-corrected chi connectivity index (χ2v) is 4.81. The number of ether oxygens (including phenoxy) is 1. The number of rotatable bonds is 7. The summed E-state index contributed by atoms with van der Waals surface area (Å²) in [7, 11) is 1.38. The van der Waals surface area contributed by atoms with Crippen LogP contribution in [0.15, 0.2) is 29.7 Å². The summed E-state index contributed by atoms with van der Waals surface area (Å²) in [6.45, 7) is 1.88. The number of nitrogens with zero attached hydrogens (tertiary/aromatic N) is 1. The number of carbonyl (C=O) groups is 2. The van der Waals surface area contributed by atoms with Crippen LogP contribution in [0.3, 0.4) is 0 Å². The van der Waals surface area contributed by atoms with E-state index in [9.17, 15) is 9.59 Å². The van der Waals surface area contributed by atoms with Gasteiger partial charge in [0.25, 0.3) is 0 Å². The number of esters is 1. The number of carbonyl (C=O) groups excluding carboxylic acids is 2. The lowest BCUT2D eigenvalue weighted by molar-refractivity contribution is -0.140. The summed E-state index contributed by atoms with van der Waals surface area (Å²) in [5, 5.41) is 5.13. The molecule has 1 N–H and O–H groups in total. The van der Waals surface area contributed by atoms with Crippen LogP contribution in [0, 0.1) is 0 Å². The highest BCUT2D eigenvalue weighted by atomic mass is 32.1. The van der Waals surface area contributed by atoms with E-state index in [1.165, 1.54) is 24.5 Å². The molecule has 0 radical (unpaired) electrons. The Morgan fingerprint density at radius 1 is 1.45 bits per heavy atom. The van der Waals surface area contributed by atoms with Gasteiger partial charge in [-0.15, -0.1) is 11.3 Å². The van der Waals surface area contributed by atoms with Crippen LogP contribution in [-0.4, -0.2) is 24.0 Å². The van der Waals surface area contributed by atoms with Crippen LogP contribution in [-0.2, 0) is 20.7 Å². The third-order valence-corrected chi connectivity index (χ3v) is 3.18. The van der Waals surface area contributed by atoms with E-state index in [0.717, 1.165) is 5.69 Å². The van der Waals surface area contributed by atoms with Crippen molar-refractivity contribution in [3.05, 3.63) is 35.4 Å². The number of hydrogen-bond donors (Lipinski definition) is 1. The van der Waals surface area contributed by atoms with Crippen molar-refractivity contribution in [3.8, 4) is 0 Å². The third kappa shape index (κ3) is 6.29. The summed E-state index contributed by atoms with van der Waals surface area (Å²) in [5.74, 6) is -0.429. The predicted octanol–water partition coefficient (Wildman–Crippen LogP) is 2.71. The van der Waals surface area contributed by atoms with Crippen molar-refractivity contribution in [2.75, 3.05) is 12.4 Å². The number of aromatic nitrogens is 1. The Hall–Kier alpha value is -1.95. The number of allylic oxidation sites excluding steroid dienone is 3. The van der Waals surface area contributed by atoms with E-state index in [4.69, 9.17) is 0 Å². The quantitative estimate of drug-likeness (QED) is 0.477. The molecule has 1 amide bonds. The van der Waals surface area contributed by atoms with Crippen molar-refractivity contribution < 1.29 is 14.3 Å². The molecular formula is C14H18N2O3S. The van der Waals surface area contributed by atoms with Crippen molar-refractivity contribution in [1.29, 1.82) is 0 Å². The monoisotopic (exact) mass is 294 g/mol. The number of anilines is 1. The minimum atomic E-state index is -0.220. The predicted molar refractivity (Wildman–Crippen MR) is 79.7 cm³/mol. The van der Waals surface area contributed by atoms with Crippen molar-refractivity contribution in [2.24, 2.45) is 0 Å². The fraction of sp³-hybridized carbons (Fsp3) is 0.357. The van der Waals surface area contributed by atoms with Crippen LogP contribution >= 0.6 is 11.3 Å². The van der Waals surface area contributed by atoms with Crippen molar-refractivity contribution in [1.82, 2.24) is 4.98 Å². The first-order chi connectivity index (χ1) is 9.65. The lowest BCUT2D eigenvalue weighted by atomic mass is 10.2. The molecular weight excluding hydrogens is 276 g/mol. The normalized spacial score (nSPS) is 11.1. The maximum absolute atomic E-state index is 11.5. The lowest BCUT2D eigenvalue weighted by Gasteiger charge is -1.97. The average Bonchev–Trinajstić information content (AvgIpc) is 2.86. The zero-order chi connectivity index (χ0) is 14.8. The molecule has 0 aliphatic carbocycles. The number of thiazole rings is 1. The fourth-order valence-corrected chi connectivity index (χ4v) is 2.14. The molecule has 0 saturated heterocycles. The summed E-state index contributed by atoms with van der Waals surface area (Å²) >= 11 is 1.37. The second kappa shape index (κ2) is 9.03. The maximum Gasteiger partial charge on any atom is 0.305 e. The molecule has 1 rings (SSSR count). The Morgan fingerprint density at radius 3 is 2.95 bits per heavy atom. The Balaban J connectivity index is 2.39. The van der Waals surface area contributed by atoms with Gasteiger partial charge in [0.2, 0.25) is 5.91 Å². The Labute approximate surface area is 122 Å². The molecule has 108 valence electrons. The summed E-state index contributed by atoms with van der Waals surface area (Å²) < 4.78 is 4.57. The van der Waals surface area contributed by atoms with Crippen LogP contribution in [0.25, 0.3) is 0 Å². The molecule has 0 aliphatic rings. The van der Waals surface area contributed by atoms with Crippen LogP contribution in [0.4, 0.5) is 5.13 Å². The molecule has 0 aromatic carbocycles. The topological polar surface area (TPSA) is 68.3 Å². The fourth-order valence-electron chi connectivity index (χ4n) is 1.40. The third-order valence-electron chi connectivity index (χ3n) is 2.37. The summed E-state index contributed by atoms with van der Waals surface area (Å²) in [5.41, 5.74) is 0.867. The van der Waals surface area contributed by atoms with Crippen LogP contribution in [0.1, 0.15) is 25.5 Å². The van der Waals surface area contributed by atoms with Gasteiger partial charge in [0.15, 0.2) is 5.13 Å². The molecule has 0 atom stereocenters. The highest BCUT2D eigenvalue weighted by molar-refractivity contribution is 7.13. The van der Waals surface area contributed by atoms with Gasteiger partial charge in [-0.1, -0.05) is 18.2 Å². The van der Waals surface area contributed by atoms with E-state index in [0.29, 0.717) is 24.4 Å². The lowest BCUT2D eigenvalue weighted by Crippen LogP contribution is -2.07. The molecule has 0 bridgehead atoms. The molecule has 0 saturated carbocycles. The molecule has 1 aromatic rings. The first-order valence-corrected chi connectivity index (χ1v) is 7.15. The van der Waals surface area contributed by atoms with Crippen molar-refractivity contribution in [3.63, 3.8) is 0 Å². The Bertz CT molecular complexity index is 506. The van der Waals surface area contributed by atoms with Gasteiger partial charge in [0.05, 0.1) is 12.8 Å². The first-order valence-electron chi connectivity index (χ1n) is 6.27. The van der Waals surface area contributed by atoms with E-state index in [1.807, 2.05) is 18.4 Å². The molecule has 0 aliphatic heterocycles. The second-order valence-electron chi connectivity index (χ2n) is 3.95. The Morgan fingerprint density at radius 2 is 2.25 bits per heavy atom. The van der Waals surface area contributed by atoms with Crippen LogP contribution in [0.2, 0.25) is 0 Å². The van der Waals surface area contributed by atoms with E-state index in [1.54, 1.807) is 12.2 Å². The highest BCUT2D eigenvalue weighted by Crippen LogP contribution is 2.17. The summed E-state index contributed by atoms with van der Waals surface area (Å²) in [4.78, 5) is 26.8. The average molecular weight is 294 g/mol. The molecule has 5 nitrogen and oxygen atoms in total. The SMILES string of the molecule is CC=C/C=C/C(=O)Nc1nc(CCCC(=O)OC)cs1. The minimum Gasteiger partial charge on any atom is -0.469 e. The molecule has 1 heterocycles. The van der Waals surface area contributed by atoms with E-state index in [-0.39, 0.29) is 11.9 Å². The van der Waals surface area contributed by atoms with E-state index < -0.39 is 0 Å². The van der Waals surface area contributed by atoms with Gasteiger partial charge >= 0.3 is 5.97 Å². The van der Waals surface area contributed by atoms with Gasteiger partial charge in [0, 0.05) is 17.9 Å². The minimum absolute atomic E-state index is 0.210. The van der Waals surface area contributed by atoms with Gasteiger partial charge in [-0.05, 0) is 19.8 Å². The number of methoxy groups -OCH3 is 1. The van der Waals surface area contributed by atoms with Gasteiger partial charge in [-0.25, -0.2) is 4.98 Å². The molecule has 20 heavy (non-hydrogen) atoms. The zero-order valence-corrected chi connectivity index (χ0v) is 12.4. The molecule has 0 unspecified atom stereocenters. The zero-order valence-electron chi connectivity index (χ0n) is 11.6.